The number of hydrogen-bond donors (Lipinski definition) is 1. The fraction of sp³-hybridized carbons (Fsp3) is 0.625. The van der Waals surface area contributed by atoms with Crippen molar-refractivity contribution in [1.29, 1.82) is 0 Å². The van der Waals surface area contributed by atoms with Crippen LogP contribution in [0.2, 0.25) is 0 Å². The lowest BCUT2D eigenvalue weighted by molar-refractivity contribution is -0.268. The average Bonchev–Trinajstić information content (AvgIpc) is 1.98. The molecule has 0 saturated carbocycles. The molecular weight excluding hydrogens is 224 g/mol. The van der Waals surface area contributed by atoms with Gasteiger partial charge in [0.25, 0.3) is 0 Å². The Hall–Kier alpha value is -0.190. The van der Waals surface area contributed by atoms with E-state index in [1.165, 1.54) is 0 Å². The monoisotopic (exact) mass is 236 g/mol. The summed E-state index contributed by atoms with van der Waals surface area (Å²) in [5.74, 6) is -0.0166. The zero-order chi connectivity index (χ0) is 9.72. The SMILES string of the molecule is C=C(C)C(CC(=O)C(C)Br)OO. The van der Waals surface area contributed by atoms with Crippen molar-refractivity contribution in [3.05, 3.63) is 12.2 Å². The molecule has 1 N–H and O–H groups in total. The predicted molar refractivity (Wildman–Crippen MR) is 50.3 cm³/mol. The molecule has 0 aliphatic carbocycles. The van der Waals surface area contributed by atoms with E-state index in [9.17, 15) is 4.79 Å². The van der Waals surface area contributed by atoms with Crippen LogP contribution in [0.15, 0.2) is 12.2 Å². The average molecular weight is 237 g/mol. The van der Waals surface area contributed by atoms with Gasteiger partial charge in [-0.05, 0) is 19.4 Å². The molecule has 0 rings (SSSR count). The largest absolute Gasteiger partial charge is 0.298 e. The molecule has 2 atom stereocenters. The van der Waals surface area contributed by atoms with Gasteiger partial charge in [-0.15, -0.1) is 0 Å². The van der Waals surface area contributed by atoms with Gasteiger partial charge in [-0.25, -0.2) is 4.89 Å². The van der Waals surface area contributed by atoms with E-state index < -0.39 is 6.10 Å². The minimum absolute atomic E-state index is 0.0166. The van der Waals surface area contributed by atoms with Gasteiger partial charge in [-0.1, -0.05) is 22.5 Å². The number of rotatable bonds is 5. The molecule has 0 aromatic heterocycles. The van der Waals surface area contributed by atoms with E-state index in [2.05, 4.69) is 27.4 Å². The van der Waals surface area contributed by atoms with Crippen molar-refractivity contribution in [3.63, 3.8) is 0 Å². The van der Waals surface area contributed by atoms with Crippen molar-refractivity contribution in [1.82, 2.24) is 0 Å². The topological polar surface area (TPSA) is 46.5 Å². The van der Waals surface area contributed by atoms with Crippen LogP contribution in [0.1, 0.15) is 20.3 Å². The van der Waals surface area contributed by atoms with Crippen LogP contribution in [0.3, 0.4) is 0 Å². The van der Waals surface area contributed by atoms with Crippen molar-refractivity contribution >= 4 is 21.7 Å². The molecule has 0 heterocycles. The van der Waals surface area contributed by atoms with Gasteiger partial charge in [0.1, 0.15) is 11.9 Å². The molecule has 0 bridgehead atoms. The van der Waals surface area contributed by atoms with Crippen LogP contribution in [0.25, 0.3) is 0 Å². The molecule has 3 nitrogen and oxygen atoms in total. The minimum Gasteiger partial charge on any atom is -0.298 e. The maximum absolute atomic E-state index is 11.1. The molecule has 12 heavy (non-hydrogen) atoms. The van der Waals surface area contributed by atoms with Crippen LogP contribution in [0.4, 0.5) is 0 Å². The third-order valence-electron chi connectivity index (χ3n) is 1.51. The Bertz CT molecular complexity index is 177. The molecule has 0 aliphatic rings. The highest BCUT2D eigenvalue weighted by Crippen LogP contribution is 2.11. The molecular formula is C8H13BrO3. The number of Topliss-reactive ketones (excluding diaryl/α,β-unsaturated/α-hetero) is 1. The fourth-order valence-electron chi connectivity index (χ4n) is 0.647. The highest BCUT2D eigenvalue weighted by Gasteiger charge is 2.18. The molecule has 2 unspecified atom stereocenters. The van der Waals surface area contributed by atoms with Gasteiger partial charge in [-0.2, -0.15) is 0 Å². The number of carbonyl (C=O) groups is 1. The lowest BCUT2D eigenvalue weighted by Crippen LogP contribution is -2.21. The van der Waals surface area contributed by atoms with Gasteiger partial charge in [0, 0.05) is 6.42 Å². The standard InChI is InChI=1S/C8H13BrO3/c1-5(2)8(12-11)4-7(10)6(3)9/h6,8,11H,1,4H2,2-3H3. The zero-order valence-corrected chi connectivity index (χ0v) is 8.80. The van der Waals surface area contributed by atoms with E-state index in [1.807, 2.05) is 0 Å². The Morgan fingerprint density at radius 1 is 1.75 bits per heavy atom. The Kier molecular flexibility index (Phi) is 5.37. The van der Waals surface area contributed by atoms with Crippen LogP contribution in [0, 0.1) is 0 Å². The van der Waals surface area contributed by atoms with E-state index in [-0.39, 0.29) is 17.0 Å². The maximum atomic E-state index is 11.1. The number of hydrogen-bond acceptors (Lipinski definition) is 3. The number of alkyl halides is 1. The van der Waals surface area contributed by atoms with Gasteiger partial charge in [0.05, 0.1) is 4.83 Å². The fourth-order valence-corrected chi connectivity index (χ4v) is 0.834. The maximum Gasteiger partial charge on any atom is 0.149 e. The van der Waals surface area contributed by atoms with Gasteiger partial charge in [0.2, 0.25) is 0 Å². The lowest BCUT2D eigenvalue weighted by atomic mass is 10.1. The normalized spacial score (nSPS) is 15.3. The summed E-state index contributed by atoms with van der Waals surface area (Å²) in [6, 6.07) is 0. The van der Waals surface area contributed by atoms with Crippen molar-refractivity contribution in [2.45, 2.75) is 31.2 Å². The summed E-state index contributed by atoms with van der Waals surface area (Å²) < 4.78 is 0. The quantitative estimate of drug-likeness (QED) is 0.345. The smallest absolute Gasteiger partial charge is 0.149 e. The Labute approximate surface area is 80.5 Å². The van der Waals surface area contributed by atoms with Crippen LogP contribution in [-0.2, 0) is 9.68 Å². The summed E-state index contributed by atoms with van der Waals surface area (Å²) in [7, 11) is 0. The van der Waals surface area contributed by atoms with Crippen LogP contribution in [-0.4, -0.2) is 22.0 Å². The van der Waals surface area contributed by atoms with E-state index in [0.717, 1.165) is 0 Å². The van der Waals surface area contributed by atoms with E-state index in [1.54, 1.807) is 13.8 Å². The number of halogens is 1. The second-order valence-electron chi connectivity index (χ2n) is 2.73. The molecule has 0 aliphatic heterocycles. The molecule has 70 valence electrons. The third kappa shape index (κ3) is 3.99. The highest BCUT2D eigenvalue weighted by atomic mass is 79.9. The number of ketones is 1. The summed E-state index contributed by atoms with van der Waals surface area (Å²) in [4.78, 5) is 15.0. The van der Waals surface area contributed by atoms with E-state index in [4.69, 9.17) is 5.26 Å². The van der Waals surface area contributed by atoms with Crippen LogP contribution < -0.4 is 0 Å². The second-order valence-corrected chi connectivity index (χ2v) is 4.10. The Balaban J connectivity index is 4.03. The molecule has 0 spiro atoms. The van der Waals surface area contributed by atoms with E-state index in [0.29, 0.717) is 5.57 Å². The van der Waals surface area contributed by atoms with Crippen molar-refractivity contribution in [3.8, 4) is 0 Å². The summed E-state index contributed by atoms with van der Waals surface area (Å²) in [6.07, 6.45) is -0.435. The molecule has 0 radical (unpaired) electrons. The first kappa shape index (κ1) is 11.8. The first-order valence-electron chi connectivity index (χ1n) is 3.61. The molecule has 0 aromatic carbocycles. The molecule has 0 amide bonds. The van der Waals surface area contributed by atoms with Crippen molar-refractivity contribution in [2.75, 3.05) is 0 Å². The second kappa shape index (κ2) is 5.45. The van der Waals surface area contributed by atoms with Gasteiger partial charge in [-0.3, -0.25) is 10.1 Å². The van der Waals surface area contributed by atoms with Gasteiger partial charge in [0.15, 0.2) is 0 Å². The predicted octanol–water partition coefficient (Wildman–Crippen LogP) is 2.16. The van der Waals surface area contributed by atoms with Crippen LogP contribution in [0.5, 0.6) is 0 Å². The summed E-state index contributed by atoms with van der Waals surface area (Å²) in [5.41, 5.74) is 0.638. The lowest BCUT2D eigenvalue weighted by Gasteiger charge is -2.12. The third-order valence-corrected chi connectivity index (χ3v) is 2.02. The van der Waals surface area contributed by atoms with Gasteiger partial charge < -0.3 is 0 Å². The molecule has 0 aromatic rings. The van der Waals surface area contributed by atoms with Crippen molar-refractivity contribution < 1.29 is 14.9 Å². The Morgan fingerprint density at radius 3 is 2.50 bits per heavy atom. The van der Waals surface area contributed by atoms with Gasteiger partial charge >= 0.3 is 0 Å². The minimum atomic E-state index is -0.586. The van der Waals surface area contributed by atoms with E-state index >= 15 is 0 Å². The van der Waals surface area contributed by atoms with Crippen LogP contribution >= 0.6 is 15.9 Å². The zero-order valence-electron chi connectivity index (χ0n) is 7.21. The van der Waals surface area contributed by atoms with Crippen molar-refractivity contribution in [2.24, 2.45) is 0 Å². The Morgan fingerprint density at radius 2 is 2.25 bits per heavy atom. The first-order valence-corrected chi connectivity index (χ1v) is 4.53. The summed E-state index contributed by atoms with van der Waals surface area (Å²) in [5, 5.41) is 8.40. The first-order chi connectivity index (χ1) is 5.49. The molecule has 4 heteroatoms. The molecule has 0 saturated heterocycles. The summed E-state index contributed by atoms with van der Waals surface area (Å²) >= 11 is 3.13. The number of carbonyl (C=O) groups excluding carboxylic acids is 1. The molecule has 0 fully saturated rings. The highest BCUT2D eigenvalue weighted by molar-refractivity contribution is 9.10. The summed E-state index contributed by atoms with van der Waals surface area (Å²) in [6.45, 7) is 7.02.